The van der Waals surface area contributed by atoms with Crippen LogP contribution in [0.25, 0.3) is 17.0 Å². The van der Waals surface area contributed by atoms with Gasteiger partial charge in [-0.15, -0.1) is 0 Å². The molecule has 2 aliphatic heterocycles. The van der Waals surface area contributed by atoms with Gasteiger partial charge < -0.3 is 34.9 Å². The normalized spacial score (nSPS) is 15.3. The summed E-state index contributed by atoms with van der Waals surface area (Å²) in [7, 11) is 1.87. The molecule has 14 heteroatoms. The molecule has 1 spiro atoms. The van der Waals surface area contributed by atoms with Crippen LogP contribution in [0.3, 0.4) is 0 Å². The van der Waals surface area contributed by atoms with Gasteiger partial charge in [-0.25, -0.2) is 14.6 Å². The third-order valence-electron chi connectivity index (χ3n) is 7.44. The highest BCUT2D eigenvalue weighted by Crippen LogP contribution is 2.43. The van der Waals surface area contributed by atoms with Gasteiger partial charge in [0.2, 0.25) is 0 Å². The number of hydrogen-bond acceptors (Lipinski definition) is 9. The second-order valence-electron chi connectivity index (χ2n) is 10.8. The minimum absolute atomic E-state index is 0.308. The van der Waals surface area contributed by atoms with Crippen molar-refractivity contribution in [1.82, 2.24) is 30.7 Å². The van der Waals surface area contributed by atoms with Crippen molar-refractivity contribution in [3.63, 3.8) is 0 Å². The summed E-state index contributed by atoms with van der Waals surface area (Å²) in [5, 5.41) is 24.9. The Kier molecular flexibility index (Phi) is 11.8. The summed E-state index contributed by atoms with van der Waals surface area (Å²) in [6, 6.07) is 5.74. The first-order valence-corrected chi connectivity index (χ1v) is 14.8. The predicted octanol–water partition coefficient (Wildman–Crippen LogP) is 3.17. The van der Waals surface area contributed by atoms with E-state index in [9.17, 15) is 14.4 Å². The summed E-state index contributed by atoms with van der Waals surface area (Å²) >= 11 is 0. The molecular weight excluding hydrogens is 582 g/mol. The Balaban J connectivity index is 0.000000348. The third-order valence-corrected chi connectivity index (χ3v) is 7.44. The Morgan fingerprint density at radius 1 is 1.13 bits per heavy atom. The molecule has 5 rings (SSSR count). The zero-order valence-corrected chi connectivity index (χ0v) is 25.9. The fourth-order valence-electron chi connectivity index (χ4n) is 5.23. The fraction of sp³-hybridized carbons (Fsp3) is 0.452. The maximum atomic E-state index is 12.2. The number of carboxylic acids is 1. The van der Waals surface area contributed by atoms with E-state index >= 15 is 0 Å². The second kappa shape index (κ2) is 16.0. The molecular formula is C31H41N7O7. The van der Waals surface area contributed by atoms with Gasteiger partial charge in [0.15, 0.2) is 0 Å². The van der Waals surface area contributed by atoms with Gasteiger partial charge in [-0.1, -0.05) is 23.8 Å². The number of nitrogens with zero attached hydrogens (tertiary/aromatic N) is 3. The van der Waals surface area contributed by atoms with Crippen LogP contribution in [0.15, 0.2) is 36.7 Å². The van der Waals surface area contributed by atoms with Gasteiger partial charge in [0.1, 0.15) is 18.0 Å². The van der Waals surface area contributed by atoms with Crippen molar-refractivity contribution in [1.29, 1.82) is 0 Å². The molecule has 0 radical (unpaired) electrons. The fourth-order valence-corrected chi connectivity index (χ4v) is 5.23. The van der Waals surface area contributed by atoms with Crippen LogP contribution in [0.4, 0.5) is 15.4 Å². The number of H-pyrrole nitrogens is 1. The monoisotopic (exact) mass is 623 g/mol. The zero-order valence-electron chi connectivity index (χ0n) is 25.9. The largest absolute Gasteiger partial charge is 0.480 e. The van der Waals surface area contributed by atoms with Crippen molar-refractivity contribution in [2.75, 3.05) is 65.0 Å². The number of pyridine rings is 1. The molecule has 242 valence electrons. The minimum atomic E-state index is -1.11. The van der Waals surface area contributed by atoms with Crippen LogP contribution in [0.5, 0.6) is 0 Å². The van der Waals surface area contributed by atoms with E-state index in [1.54, 1.807) is 6.20 Å². The number of ether oxygens (including phenoxy) is 3. The van der Waals surface area contributed by atoms with Crippen molar-refractivity contribution in [2.24, 2.45) is 0 Å². The lowest BCUT2D eigenvalue weighted by molar-refractivity contribution is -0.135. The number of aromatic amines is 1. The van der Waals surface area contributed by atoms with Crippen molar-refractivity contribution in [3.8, 4) is 0 Å². The minimum Gasteiger partial charge on any atom is -0.480 e. The molecule has 3 amide bonds. The number of piperidine rings is 1. The zero-order chi connectivity index (χ0) is 32.2. The van der Waals surface area contributed by atoms with Crippen LogP contribution in [0.2, 0.25) is 0 Å². The van der Waals surface area contributed by atoms with Crippen molar-refractivity contribution in [3.05, 3.63) is 58.9 Å². The summed E-state index contributed by atoms with van der Waals surface area (Å²) in [4.78, 5) is 40.9. The van der Waals surface area contributed by atoms with Crippen LogP contribution in [0.1, 0.15) is 35.1 Å². The van der Waals surface area contributed by atoms with Gasteiger partial charge in [0.25, 0.3) is 0 Å². The smallest absolute Gasteiger partial charge is 0.413 e. The number of carbonyl (C=O) groups excluding carboxylic acids is 2. The number of aryl methyl sites for hydroxylation is 2. The molecule has 4 heterocycles. The standard InChI is InChI=1S/C22H31N5O7.C9H10N2/c1-23-6-10-33-12-11-32-9-2-3-16-13-17-19(24-14-16)26-21(31)34-22(17)4-7-27(8-5-22)20(30)25-15-18(28)29;1-6-3-7(2)9-8(4-6)5-10-11-9/h2-3,13-14,23H,4-12,15H2,1H3,(H,25,30)(H,28,29)(H,24,26,31);3-5H,1-2H3,(H,10,11)/b3-2+;. The number of urea groups is 1. The van der Waals surface area contributed by atoms with Gasteiger partial charge >= 0.3 is 18.1 Å². The second-order valence-corrected chi connectivity index (χ2v) is 10.8. The van der Waals surface area contributed by atoms with Crippen LogP contribution >= 0.6 is 0 Å². The molecule has 14 nitrogen and oxygen atoms in total. The number of amides is 3. The summed E-state index contributed by atoms with van der Waals surface area (Å²) in [5.41, 5.74) is 4.37. The lowest BCUT2D eigenvalue weighted by Crippen LogP contribution is -2.52. The number of hydrogen-bond donors (Lipinski definition) is 5. The Morgan fingerprint density at radius 3 is 2.67 bits per heavy atom. The maximum Gasteiger partial charge on any atom is 0.413 e. The predicted molar refractivity (Wildman–Crippen MR) is 168 cm³/mol. The first-order valence-electron chi connectivity index (χ1n) is 14.8. The topological polar surface area (TPSA) is 180 Å². The lowest BCUT2D eigenvalue weighted by atomic mass is 9.83. The summed E-state index contributed by atoms with van der Waals surface area (Å²) in [6.07, 6.45) is 7.44. The molecule has 45 heavy (non-hydrogen) atoms. The van der Waals surface area contributed by atoms with Gasteiger partial charge in [-0.05, 0) is 44.2 Å². The number of carboxylic acid groups (broad SMARTS) is 1. The van der Waals surface area contributed by atoms with Crippen molar-refractivity contribution >= 4 is 40.9 Å². The number of nitrogens with one attached hydrogen (secondary N) is 4. The highest BCUT2D eigenvalue weighted by atomic mass is 16.6. The summed E-state index contributed by atoms with van der Waals surface area (Å²) in [5.74, 6) is -0.676. The molecule has 3 aromatic rings. The summed E-state index contributed by atoms with van der Waals surface area (Å²) < 4.78 is 16.6. The lowest BCUT2D eigenvalue weighted by Gasteiger charge is -2.43. The molecule has 1 fully saturated rings. The molecule has 0 saturated carbocycles. The molecule has 1 saturated heterocycles. The number of aromatic nitrogens is 3. The van der Waals surface area contributed by atoms with Gasteiger partial charge in [0.05, 0.1) is 38.1 Å². The van der Waals surface area contributed by atoms with E-state index in [-0.39, 0.29) is 0 Å². The number of likely N-dealkylation sites (tertiary alicyclic amines) is 1. The maximum absolute atomic E-state index is 12.2. The number of anilines is 1. The summed E-state index contributed by atoms with van der Waals surface area (Å²) in [6.45, 7) is 7.24. The molecule has 0 unspecified atom stereocenters. The SMILES string of the molecule is CNCCOCCOC/C=C/c1cnc2c(c1)C1(CCN(C(=O)NCC(=O)O)CC1)OC(=O)N2.Cc1cc(C)c2[nH]ncc2c1. The number of likely N-dealkylation sites (N-methyl/N-ethyl adjacent to an activating group) is 1. The highest BCUT2D eigenvalue weighted by Gasteiger charge is 2.46. The van der Waals surface area contributed by atoms with Crippen molar-refractivity contribution < 1.29 is 33.7 Å². The molecule has 1 aromatic carbocycles. The van der Waals surface area contributed by atoms with Gasteiger partial charge in [-0.3, -0.25) is 15.2 Å². The molecule has 0 aliphatic carbocycles. The van der Waals surface area contributed by atoms with Gasteiger partial charge in [0, 0.05) is 49.6 Å². The van der Waals surface area contributed by atoms with E-state index in [1.807, 2.05) is 31.5 Å². The van der Waals surface area contributed by atoms with E-state index in [2.05, 4.69) is 57.1 Å². The molecule has 2 aromatic heterocycles. The van der Waals surface area contributed by atoms with E-state index in [0.717, 1.165) is 23.2 Å². The van der Waals surface area contributed by atoms with Crippen LogP contribution in [0, 0.1) is 13.8 Å². The first kappa shape index (κ1) is 33.4. The van der Waals surface area contributed by atoms with Crippen LogP contribution in [-0.4, -0.2) is 103 Å². The number of carbonyl (C=O) groups is 3. The van der Waals surface area contributed by atoms with Crippen LogP contribution in [-0.2, 0) is 24.6 Å². The van der Waals surface area contributed by atoms with E-state index in [4.69, 9.17) is 19.3 Å². The number of rotatable bonds is 11. The average Bonchev–Trinajstić information content (AvgIpc) is 3.49. The third kappa shape index (κ3) is 9.23. The van der Waals surface area contributed by atoms with E-state index in [0.29, 0.717) is 58.2 Å². The van der Waals surface area contributed by atoms with E-state index < -0.39 is 30.2 Å². The number of aliphatic carboxylic acids is 1. The molecule has 0 atom stereocenters. The van der Waals surface area contributed by atoms with Crippen LogP contribution < -0.4 is 16.0 Å². The first-order chi connectivity index (χ1) is 21.7. The Bertz CT molecular complexity index is 1500. The molecule has 5 N–H and O–H groups in total. The molecule has 0 bridgehead atoms. The number of benzene rings is 1. The Labute approximate surface area is 261 Å². The highest BCUT2D eigenvalue weighted by molar-refractivity contribution is 5.88. The Morgan fingerprint density at radius 2 is 1.91 bits per heavy atom. The quantitative estimate of drug-likeness (QED) is 0.199. The number of fused-ring (bicyclic) bond motifs is 3. The average molecular weight is 624 g/mol. The Hall–Kier alpha value is -4.53. The van der Waals surface area contributed by atoms with Crippen molar-refractivity contribution in [2.45, 2.75) is 32.3 Å². The molecule has 2 aliphatic rings. The van der Waals surface area contributed by atoms with E-state index in [1.165, 1.54) is 21.4 Å². The van der Waals surface area contributed by atoms with Gasteiger partial charge in [-0.2, -0.15) is 5.10 Å².